The van der Waals surface area contributed by atoms with Crippen molar-refractivity contribution >= 4 is 28.8 Å². The first kappa shape index (κ1) is 17.2. The molecule has 0 aliphatic carbocycles. The summed E-state index contributed by atoms with van der Waals surface area (Å²) in [5.41, 5.74) is 2.83. The monoisotopic (exact) mass is 330 g/mol. The van der Waals surface area contributed by atoms with Crippen LogP contribution in [0, 0.1) is 19.8 Å². The summed E-state index contributed by atoms with van der Waals surface area (Å²) >= 11 is 1.50. The second kappa shape index (κ2) is 7.42. The molecule has 2 N–H and O–H groups in total. The van der Waals surface area contributed by atoms with Crippen LogP contribution < -0.4 is 10.6 Å². The van der Waals surface area contributed by atoms with Gasteiger partial charge >= 0.3 is 0 Å². The minimum atomic E-state index is -0.0668. The van der Waals surface area contributed by atoms with Crippen LogP contribution in [0.1, 0.15) is 39.5 Å². The van der Waals surface area contributed by atoms with Crippen molar-refractivity contribution in [2.24, 2.45) is 5.92 Å². The SMILES string of the molecule is Cc1cc(C(=O)NCc2cccc(NC(=O)C(C)C)c2)sc1C. The second-order valence-electron chi connectivity index (χ2n) is 5.88. The van der Waals surface area contributed by atoms with Crippen molar-refractivity contribution in [1.82, 2.24) is 5.32 Å². The van der Waals surface area contributed by atoms with E-state index in [4.69, 9.17) is 0 Å². The minimum Gasteiger partial charge on any atom is -0.347 e. The Morgan fingerprint density at radius 2 is 1.91 bits per heavy atom. The van der Waals surface area contributed by atoms with Crippen molar-refractivity contribution in [2.45, 2.75) is 34.2 Å². The number of aryl methyl sites for hydroxylation is 2. The van der Waals surface area contributed by atoms with Crippen LogP contribution in [-0.4, -0.2) is 11.8 Å². The van der Waals surface area contributed by atoms with E-state index in [0.29, 0.717) is 6.54 Å². The van der Waals surface area contributed by atoms with Gasteiger partial charge < -0.3 is 10.6 Å². The molecule has 1 aromatic carbocycles. The maximum atomic E-state index is 12.2. The van der Waals surface area contributed by atoms with Gasteiger partial charge in [-0.05, 0) is 43.2 Å². The molecule has 5 heteroatoms. The average molecular weight is 330 g/mol. The quantitative estimate of drug-likeness (QED) is 0.874. The van der Waals surface area contributed by atoms with E-state index in [-0.39, 0.29) is 17.7 Å². The number of carbonyl (C=O) groups is 2. The van der Waals surface area contributed by atoms with E-state index in [0.717, 1.165) is 26.6 Å². The number of nitrogens with one attached hydrogen (secondary N) is 2. The van der Waals surface area contributed by atoms with Crippen LogP contribution in [0.5, 0.6) is 0 Å². The highest BCUT2D eigenvalue weighted by Gasteiger charge is 2.11. The molecule has 0 radical (unpaired) electrons. The molecule has 2 aromatic rings. The Balaban J connectivity index is 1.98. The molecule has 2 rings (SSSR count). The highest BCUT2D eigenvalue weighted by Crippen LogP contribution is 2.20. The van der Waals surface area contributed by atoms with Crippen LogP contribution in [0.4, 0.5) is 5.69 Å². The Morgan fingerprint density at radius 3 is 2.52 bits per heavy atom. The fourth-order valence-corrected chi connectivity index (χ4v) is 2.95. The summed E-state index contributed by atoms with van der Waals surface area (Å²) < 4.78 is 0. The summed E-state index contributed by atoms with van der Waals surface area (Å²) in [5, 5.41) is 5.78. The van der Waals surface area contributed by atoms with Crippen LogP contribution in [0.2, 0.25) is 0 Å². The second-order valence-corrected chi connectivity index (χ2v) is 7.13. The van der Waals surface area contributed by atoms with Gasteiger partial charge in [-0.3, -0.25) is 9.59 Å². The zero-order valence-electron chi connectivity index (χ0n) is 13.9. The molecule has 0 aliphatic heterocycles. The van der Waals surface area contributed by atoms with Crippen LogP contribution >= 0.6 is 11.3 Å². The summed E-state index contributed by atoms with van der Waals surface area (Å²) in [5.74, 6) is -0.151. The maximum Gasteiger partial charge on any atom is 0.261 e. The van der Waals surface area contributed by atoms with Crippen LogP contribution in [-0.2, 0) is 11.3 Å². The Hall–Kier alpha value is -2.14. The standard InChI is InChI=1S/C18H22N2O2S/c1-11(2)17(21)20-15-7-5-6-14(9-15)10-19-18(22)16-8-12(3)13(4)23-16/h5-9,11H,10H2,1-4H3,(H,19,22)(H,20,21). The lowest BCUT2D eigenvalue weighted by Gasteiger charge is -2.10. The molecule has 0 atom stereocenters. The first-order valence-corrected chi connectivity index (χ1v) is 8.43. The number of hydrogen-bond acceptors (Lipinski definition) is 3. The van der Waals surface area contributed by atoms with Gasteiger partial charge in [0.25, 0.3) is 5.91 Å². The molecule has 1 heterocycles. The summed E-state index contributed by atoms with van der Waals surface area (Å²) in [6.07, 6.45) is 0. The molecule has 2 amide bonds. The molecule has 23 heavy (non-hydrogen) atoms. The molecular weight excluding hydrogens is 308 g/mol. The van der Waals surface area contributed by atoms with E-state index in [1.165, 1.54) is 11.3 Å². The molecule has 0 spiro atoms. The maximum absolute atomic E-state index is 12.2. The molecule has 1 aromatic heterocycles. The number of hydrogen-bond donors (Lipinski definition) is 2. The number of anilines is 1. The highest BCUT2D eigenvalue weighted by molar-refractivity contribution is 7.14. The summed E-state index contributed by atoms with van der Waals surface area (Å²) in [6.45, 7) is 8.15. The van der Waals surface area contributed by atoms with Crippen molar-refractivity contribution in [3.05, 3.63) is 51.2 Å². The van der Waals surface area contributed by atoms with E-state index in [9.17, 15) is 9.59 Å². The zero-order valence-corrected chi connectivity index (χ0v) is 14.7. The molecule has 0 saturated heterocycles. The van der Waals surface area contributed by atoms with Gasteiger partial charge in [0, 0.05) is 23.0 Å². The predicted molar refractivity (Wildman–Crippen MR) is 94.9 cm³/mol. The molecule has 122 valence electrons. The van der Waals surface area contributed by atoms with Crippen molar-refractivity contribution in [3.8, 4) is 0 Å². The van der Waals surface area contributed by atoms with Gasteiger partial charge in [-0.1, -0.05) is 26.0 Å². The molecular formula is C18H22N2O2S. The molecule has 4 nitrogen and oxygen atoms in total. The van der Waals surface area contributed by atoms with E-state index in [2.05, 4.69) is 10.6 Å². The highest BCUT2D eigenvalue weighted by atomic mass is 32.1. The van der Waals surface area contributed by atoms with Crippen molar-refractivity contribution in [2.75, 3.05) is 5.32 Å². The predicted octanol–water partition coefficient (Wildman–Crippen LogP) is 3.89. The van der Waals surface area contributed by atoms with Crippen molar-refractivity contribution < 1.29 is 9.59 Å². The fraction of sp³-hybridized carbons (Fsp3) is 0.333. The van der Waals surface area contributed by atoms with Crippen LogP contribution in [0.25, 0.3) is 0 Å². The molecule has 0 fully saturated rings. The van der Waals surface area contributed by atoms with Gasteiger partial charge in [-0.15, -0.1) is 11.3 Å². The van der Waals surface area contributed by atoms with Gasteiger partial charge in [0.05, 0.1) is 4.88 Å². The average Bonchev–Trinajstić information content (AvgIpc) is 2.84. The van der Waals surface area contributed by atoms with E-state index in [1.807, 2.05) is 58.0 Å². The molecule has 0 bridgehead atoms. The smallest absolute Gasteiger partial charge is 0.261 e. The van der Waals surface area contributed by atoms with E-state index >= 15 is 0 Å². The third kappa shape index (κ3) is 4.66. The Kier molecular flexibility index (Phi) is 5.55. The first-order chi connectivity index (χ1) is 10.9. The Labute approximate surface area is 140 Å². The number of thiophene rings is 1. The van der Waals surface area contributed by atoms with E-state index < -0.39 is 0 Å². The normalized spacial score (nSPS) is 10.7. The van der Waals surface area contributed by atoms with Crippen LogP contribution in [0.3, 0.4) is 0 Å². The first-order valence-electron chi connectivity index (χ1n) is 7.62. The third-order valence-corrected chi connectivity index (χ3v) is 4.71. The van der Waals surface area contributed by atoms with Gasteiger partial charge in [0.1, 0.15) is 0 Å². The number of rotatable bonds is 5. The van der Waals surface area contributed by atoms with Crippen LogP contribution in [0.15, 0.2) is 30.3 Å². The molecule has 0 unspecified atom stereocenters. The zero-order chi connectivity index (χ0) is 17.0. The number of amides is 2. The molecule has 0 saturated carbocycles. The minimum absolute atomic E-state index is 0.0179. The lowest BCUT2D eigenvalue weighted by Crippen LogP contribution is -2.22. The molecule has 0 aliphatic rings. The topological polar surface area (TPSA) is 58.2 Å². The van der Waals surface area contributed by atoms with Gasteiger partial charge in [-0.25, -0.2) is 0 Å². The summed E-state index contributed by atoms with van der Waals surface area (Å²) in [6, 6.07) is 9.44. The Bertz CT molecular complexity index is 700. The number of carbonyl (C=O) groups excluding carboxylic acids is 2. The Morgan fingerprint density at radius 1 is 1.17 bits per heavy atom. The third-order valence-electron chi connectivity index (χ3n) is 3.56. The number of benzene rings is 1. The lowest BCUT2D eigenvalue weighted by atomic mass is 10.1. The van der Waals surface area contributed by atoms with Gasteiger partial charge in [0.2, 0.25) is 5.91 Å². The summed E-state index contributed by atoms with van der Waals surface area (Å²) in [7, 11) is 0. The van der Waals surface area contributed by atoms with Gasteiger partial charge in [-0.2, -0.15) is 0 Å². The van der Waals surface area contributed by atoms with Gasteiger partial charge in [0.15, 0.2) is 0 Å². The van der Waals surface area contributed by atoms with E-state index in [1.54, 1.807) is 0 Å². The van der Waals surface area contributed by atoms with Crippen molar-refractivity contribution in [1.29, 1.82) is 0 Å². The largest absolute Gasteiger partial charge is 0.347 e. The summed E-state index contributed by atoms with van der Waals surface area (Å²) in [4.78, 5) is 25.8. The lowest BCUT2D eigenvalue weighted by molar-refractivity contribution is -0.118. The van der Waals surface area contributed by atoms with Crippen molar-refractivity contribution in [3.63, 3.8) is 0 Å². The fourth-order valence-electron chi connectivity index (χ4n) is 2.00.